The van der Waals surface area contributed by atoms with Crippen molar-refractivity contribution in [2.24, 2.45) is 0 Å². The molecule has 4 nitrogen and oxygen atoms in total. The summed E-state index contributed by atoms with van der Waals surface area (Å²) in [5.41, 5.74) is 5.38. The first-order chi connectivity index (χ1) is 11.4. The van der Waals surface area contributed by atoms with E-state index in [0.29, 0.717) is 6.04 Å². The second-order valence-corrected chi connectivity index (χ2v) is 7.60. The van der Waals surface area contributed by atoms with Crippen molar-refractivity contribution in [1.29, 1.82) is 0 Å². The van der Waals surface area contributed by atoms with Crippen molar-refractivity contribution in [2.45, 2.75) is 110 Å². The molecule has 4 heteroatoms. The van der Waals surface area contributed by atoms with Crippen LogP contribution in [0, 0.1) is 0 Å². The Hall–Kier alpha value is -1.03. The van der Waals surface area contributed by atoms with Crippen LogP contribution in [0.1, 0.15) is 98.3 Å². The van der Waals surface area contributed by atoms with Crippen molar-refractivity contribution < 1.29 is 9.53 Å². The van der Waals surface area contributed by atoms with Gasteiger partial charge in [0.2, 0.25) is 0 Å². The van der Waals surface area contributed by atoms with Crippen molar-refractivity contribution in [3.63, 3.8) is 0 Å². The Kier molecular flexibility index (Phi) is 13.7. The molecule has 1 unspecified atom stereocenters. The van der Waals surface area contributed by atoms with Gasteiger partial charge >= 0.3 is 6.09 Å². The molecule has 142 valence electrons. The maximum atomic E-state index is 11.8. The molecule has 1 atom stereocenters. The lowest BCUT2D eigenvalue weighted by Crippen LogP contribution is -2.46. The number of hydrazine groups is 1. The predicted molar refractivity (Wildman–Crippen MR) is 103 cm³/mol. The van der Waals surface area contributed by atoms with Gasteiger partial charge in [0.15, 0.2) is 0 Å². The molecular formula is C20H40N2O2. The number of allylic oxidation sites excluding steroid dienone is 1. The average Bonchev–Trinajstić information content (AvgIpc) is 2.49. The van der Waals surface area contributed by atoms with Crippen LogP contribution in [0.4, 0.5) is 4.79 Å². The summed E-state index contributed by atoms with van der Waals surface area (Å²) in [6.45, 7) is 11.6. The maximum absolute atomic E-state index is 11.8. The zero-order valence-electron chi connectivity index (χ0n) is 16.5. The number of hydrogen-bond acceptors (Lipinski definition) is 3. The lowest BCUT2D eigenvalue weighted by atomic mass is 10.0. The number of ether oxygens (including phenoxy) is 1. The van der Waals surface area contributed by atoms with Crippen LogP contribution >= 0.6 is 0 Å². The molecule has 0 rings (SSSR count). The summed E-state index contributed by atoms with van der Waals surface area (Å²) in [5.74, 6) is 0. The van der Waals surface area contributed by atoms with Crippen LogP contribution in [0.15, 0.2) is 12.7 Å². The van der Waals surface area contributed by atoms with Gasteiger partial charge in [-0.2, -0.15) is 0 Å². The highest BCUT2D eigenvalue weighted by Crippen LogP contribution is 2.13. The Morgan fingerprint density at radius 1 is 1.04 bits per heavy atom. The van der Waals surface area contributed by atoms with Crippen LogP contribution in [0.25, 0.3) is 0 Å². The van der Waals surface area contributed by atoms with E-state index in [0.717, 1.165) is 25.7 Å². The summed E-state index contributed by atoms with van der Waals surface area (Å²) in [5, 5.41) is 0. The number of rotatable bonds is 14. The van der Waals surface area contributed by atoms with Crippen LogP contribution in [-0.4, -0.2) is 17.7 Å². The fraction of sp³-hybridized carbons (Fsp3) is 0.850. The van der Waals surface area contributed by atoms with Gasteiger partial charge in [0, 0.05) is 6.04 Å². The van der Waals surface area contributed by atoms with Gasteiger partial charge in [-0.15, -0.1) is 6.58 Å². The smallest absolute Gasteiger partial charge is 0.422 e. The van der Waals surface area contributed by atoms with Crippen LogP contribution < -0.4 is 10.9 Å². The normalized spacial score (nSPS) is 12.7. The fourth-order valence-corrected chi connectivity index (χ4v) is 2.61. The molecule has 0 heterocycles. The minimum absolute atomic E-state index is 0.299. The third kappa shape index (κ3) is 15.9. The molecule has 0 fully saturated rings. The van der Waals surface area contributed by atoms with Gasteiger partial charge in [0.1, 0.15) is 5.60 Å². The highest BCUT2D eigenvalue weighted by molar-refractivity contribution is 5.67. The molecule has 0 aromatic rings. The summed E-state index contributed by atoms with van der Waals surface area (Å²) in [6, 6.07) is 0.299. The molecule has 0 bridgehead atoms. The summed E-state index contributed by atoms with van der Waals surface area (Å²) in [4.78, 5) is 11.8. The number of carbonyl (C=O) groups excluding carboxylic acids is 1. The van der Waals surface area contributed by atoms with Gasteiger partial charge < -0.3 is 4.74 Å². The summed E-state index contributed by atoms with van der Waals surface area (Å²) in [6.07, 6.45) is 14.9. The Morgan fingerprint density at radius 2 is 1.62 bits per heavy atom. The van der Waals surface area contributed by atoms with Gasteiger partial charge in [-0.1, -0.05) is 57.9 Å². The second kappa shape index (κ2) is 14.3. The van der Waals surface area contributed by atoms with Crippen LogP contribution in [0.2, 0.25) is 0 Å². The second-order valence-electron chi connectivity index (χ2n) is 7.60. The zero-order chi connectivity index (χ0) is 18.3. The molecule has 0 spiro atoms. The van der Waals surface area contributed by atoms with E-state index in [1.54, 1.807) is 0 Å². The third-order valence-corrected chi connectivity index (χ3v) is 3.89. The van der Waals surface area contributed by atoms with Gasteiger partial charge in [-0.25, -0.2) is 10.2 Å². The molecule has 0 aromatic carbocycles. The number of unbranched alkanes of at least 4 members (excludes halogenated alkanes) is 7. The molecule has 0 saturated heterocycles. The van der Waals surface area contributed by atoms with Crippen LogP contribution in [0.3, 0.4) is 0 Å². The molecule has 24 heavy (non-hydrogen) atoms. The minimum Gasteiger partial charge on any atom is -0.443 e. The molecule has 1 amide bonds. The van der Waals surface area contributed by atoms with E-state index >= 15 is 0 Å². The maximum Gasteiger partial charge on any atom is 0.422 e. The number of carbonyl (C=O) groups is 1. The quantitative estimate of drug-likeness (QED) is 0.236. The first-order valence-electron chi connectivity index (χ1n) is 9.74. The standard InChI is InChI=1S/C20H40N2O2/c1-6-8-10-11-12-13-15-17-18(16-14-9-7-2)21-22-19(23)24-20(3,4)5/h7,18,21H,2,6,8-17H2,1,3-5H3,(H,22,23). The molecule has 0 aliphatic carbocycles. The Labute approximate surface area is 149 Å². The Balaban J connectivity index is 3.99. The number of nitrogens with one attached hydrogen (secondary N) is 2. The average molecular weight is 341 g/mol. The van der Waals surface area contributed by atoms with Crippen molar-refractivity contribution in [2.75, 3.05) is 0 Å². The van der Waals surface area contributed by atoms with Gasteiger partial charge in [-0.05, 0) is 46.5 Å². The van der Waals surface area contributed by atoms with E-state index in [1.165, 1.54) is 44.9 Å². The van der Waals surface area contributed by atoms with E-state index in [4.69, 9.17) is 4.74 Å². The van der Waals surface area contributed by atoms with Crippen LogP contribution in [-0.2, 0) is 4.74 Å². The third-order valence-electron chi connectivity index (χ3n) is 3.89. The van der Waals surface area contributed by atoms with E-state index in [1.807, 2.05) is 26.8 Å². The summed E-state index contributed by atoms with van der Waals surface area (Å²) in [7, 11) is 0. The highest BCUT2D eigenvalue weighted by Gasteiger charge is 2.17. The fourth-order valence-electron chi connectivity index (χ4n) is 2.61. The molecule has 0 saturated carbocycles. The summed E-state index contributed by atoms with van der Waals surface area (Å²) < 4.78 is 5.27. The van der Waals surface area contributed by atoms with Crippen molar-refractivity contribution >= 4 is 6.09 Å². The number of amides is 1. The SMILES string of the molecule is C=CCCCC(CCCCCCCCC)NNC(=O)OC(C)(C)C. The first-order valence-corrected chi connectivity index (χ1v) is 9.74. The van der Waals surface area contributed by atoms with E-state index in [9.17, 15) is 4.79 Å². The topological polar surface area (TPSA) is 50.4 Å². The first kappa shape index (κ1) is 23.0. The van der Waals surface area contributed by atoms with Gasteiger partial charge in [-0.3, -0.25) is 5.43 Å². The van der Waals surface area contributed by atoms with Crippen molar-refractivity contribution in [3.05, 3.63) is 12.7 Å². The monoisotopic (exact) mass is 340 g/mol. The minimum atomic E-state index is -0.470. The largest absolute Gasteiger partial charge is 0.443 e. The Morgan fingerprint density at radius 3 is 2.21 bits per heavy atom. The van der Waals surface area contributed by atoms with Crippen LogP contribution in [0.5, 0.6) is 0 Å². The lowest BCUT2D eigenvalue weighted by molar-refractivity contribution is 0.0484. The van der Waals surface area contributed by atoms with E-state index in [-0.39, 0.29) is 0 Å². The van der Waals surface area contributed by atoms with Crippen molar-refractivity contribution in [1.82, 2.24) is 10.9 Å². The van der Waals surface area contributed by atoms with E-state index in [2.05, 4.69) is 24.4 Å². The molecular weight excluding hydrogens is 300 g/mol. The highest BCUT2D eigenvalue weighted by atomic mass is 16.6. The molecule has 0 radical (unpaired) electrons. The van der Waals surface area contributed by atoms with Crippen molar-refractivity contribution in [3.8, 4) is 0 Å². The Bertz CT molecular complexity index is 324. The molecule has 0 aliphatic heterocycles. The molecule has 2 N–H and O–H groups in total. The van der Waals surface area contributed by atoms with Gasteiger partial charge in [0.25, 0.3) is 0 Å². The lowest BCUT2D eigenvalue weighted by Gasteiger charge is -2.23. The summed E-state index contributed by atoms with van der Waals surface area (Å²) >= 11 is 0. The molecule has 0 aliphatic rings. The predicted octanol–water partition coefficient (Wildman–Crippen LogP) is 5.88. The van der Waals surface area contributed by atoms with E-state index < -0.39 is 11.7 Å². The number of hydrogen-bond donors (Lipinski definition) is 2. The molecule has 0 aromatic heterocycles. The van der Waals surface area contributed by atoms with Gasteiger partial charge in [0.05, 0.1) is 0 Å². The zero-order valence-corrected chi connectivity index (χ0v) is 16.5.